The Labute approximate surface area is 101 Å². The third kappa shape index (κ3) is 8.05. The van der Waals surface area contributed by atoms with E-state index in [0.717, 1.165) is 0 Å². The Morgan fingerprint density at radius 3 is 1.10 bits per heavy atom. The fourth-order valence-electron chi connectivity index (χ4n) is 0. The molecule has 0 amide bonds. The average molecular weight is 225 g/mol. The van der Waals surface area contributed by atoms with E-state index in [-0.39, 0.29) is 59.1 Å². The van der Waals surface area contributed by atoms with Crippen molar-refractivity contribution in [2.75, 3.05) is 0 Å². The van der Waals surface area contributed by atoms with Crippen LogP contribution < -0.4 is 67.4 Å². The van der Waals surface area contributed by atoms with Crippen molar-refractivity contribution in [3.05, 3.63) is 0 Å². The van der Waals surface area contributed by atoms with Crippen LogP contribution in [-0.2, 0) is 28.8 Å². The van der Waals surface area contributed by atoms with Gasteiger partial charge in [0.15, 0.2) is 0 Å². The van der Waals surface area contributed by atoms with E-state index >= 15 is 0 Å². The molecule has 0 aliphatic heterocycles. The minimum atomic E-state index is -7.59. The summed E-state index contributed by atoms with van der Waals surface area (Å²) in [5.74, 6) is 0. The molecule has 49 valence electrons. The number of rotatable bonds is 1. The molecular formula is CrNa2O6P. The van der Waals surface area contributed by atoms with Crippen molar-refractivity contribution in [1.82, 2.24) is 0 Å². The first kappa shape index (κ1) is 17.9. The molecule has 0 aliphatic rings. The van der Waals surface area contributed by atoms with Gasteiger partial charge in [0.2, 0.25) is 0 Å². The van der Waals surface area contributed by atoms with Crippen molar-refractivity contribution in [3.63, 3.8) is 0 Å². The van der Waals surface area contributed by atoms with E-state index in [1.54, 1.807) is 0 Å². The van der Waals surface area contributed by atoms with Gasteiger partial charge in [0.1, 0.15) is 0 Å². The summed E-state index contributed by atoms with van der Waals surface area (Å²) in [7, 11) is 0. The van der Waals surface area contributed by atoms with E-state index in [0.29, 0.717) is 0 Å². The van der Waals surface area contributed by atoms with Crippen LogP contribution in [0.2, 0.25) is 0 Å². The zero-order valence-electron chi connectivity index (χ0n) is 5.30. The van der Waals surface area contributed by atoms with Crippen LogP contribution in [0.25, 0.3) is 0 Å². The van der Waals surface area contributed by atoms with Gasteiger partial charge in [-0.2, -0.15) is 0 Å². The molecule has 0 fully saturated rings. The van der Waals surface area contributed by atoms with Gasteiger partial charge >= 0.3 is 103 Å². The van der Waals surface area contributed by atoms with Crippen LogP contribution in [-0.4, -0.2) is 0 Å². The smallest absolute Gasteiger partial charge is 1.00 e. The van der Waals surface area contributed by atoms with Gasteiger partial charge < -0.3 is 0 Å². The molecule has 0 aliphatic carbocycles. The molecule has 0 aromatic heterocycles. The molecule has 0 atom stereocenters. The summed E-state index contributed by atoms with van der Waals surface area (Å²) < 4.78 is 55.5. The fourth-order valence-corrected chi connectivity index (χ4v) is 0. The molecule has 0 unspecified atom stereocenters. The molecule has 0 spiro atoms. The van der Waals surface area contributed by atoms with Crippen molar-refractivity contribution >= 4 is 6.33 Å². The zero-order valence-corrected chi connectivity index (χ0v) is 11.5. The molecule has 0 saturated heterocycles. The molecule has 0 bridgehead atoms. The second-order valence-electron chi connectivity index (χ2n) is 0.930. The molecule has 0 radical (unpaired) electrons. The maximum absolute atomic E-state index is 9.28. The van der Waals surface area contributed by atoms with Crippen LogP contribution in [0.15, 0.2) is 0 Å². The molecular weight excluding hydrogens is 225 g/mol. The first-order valence-corrected chi connectivity index (χ1v) is 6.10. The maximum atomic E-state index is 9.28. The molecule has 0 saturated carbocycles. The van der Waals surface area contributed by atoms with Crippen LogP contribution in [0, 0.1) is 0 Å². The van der Waals surface area contributed by atoms with E-state index in [1.165, 1.54) is 0 Å². The minimum absolute atomic E-state index is 0. The van der Waals surface area contributed by atoms with Gasteiger partial charge in [-0.25, -0.2) is 0 Å². The first-order valence-electron chi connectivity index (χ1n) is 1.21. The van der Waals surface area contributed by atoms with E-state index < -0.39 is 18.4 Å². The van der Waals surface area contributed by atoms with Crippen molar-refractivity contribution in [1.29, 1.82) is 0 Å². The Hall–Kier alpha value is 1.95. The Balaban J connectivity index is -0.000000245. The second-order valence-corrected chi connectivity index (χ2v) is 7.44. The molecule has 10 heteroatoms. The van der Waals surface area contributed by atoms with Gasteiger partial charge in [0.05, 0.1) is 0 Å². The summed E-state index contributed by atoms with van der Waals surface area (Å²) in [6, 6.07) is 0. The molecule has 6 nitrogen and oxygen atoms in total. The normalized spacial score (nSPS) is 13.2. The molecule has 10 heavy (non-hydrogen) atoms. The number of hydrogen-bond acceptors (Lipinski definition) is 6. The molecule has 0 N–H and O–H groups in total. The summed E-state index contributed by atoms with van der Waals surface area (Å²) >= 11 is -7.59. The summed E-state index contributed by atoms with van der Waals surface area (Å²) in [5, 5.41) is 0. The Kier molecular flexibility index (Phi) is 8.68. The summed E-state index contributed by atoms with van der Waals surface area (Å²) in [6.07, 6.45) is -4.38. The Morgan fingerprint density at radius 1 is 1.00 bits per heavy atom. The van der Waals surface area contributed by atoms with Crippen LogP contribution in [0.5, 0.6) is 0 Å². The van der Waals surface area contributed by atoms with E-state index in [9.17, 15) is 25.1 Å². The van der Waals surface area contributed by atoms with Crippen molar-refractivity contribution in [2.45, 2.75) is 0 Å². The SMILES string of the molecule is O=[P](=O)[Cr](=[O])(=[O])([O-])[O-].[Na+].[Na+]. The van der Waals surface area contributed by atoms with Crippen molar-refractivity contribution in [2.24, 2.45) is 0 Å². The standard InChI is InChI=1S/Cr.2Na.O2P.4O/c;;;1-3-2;;;;/q;2*+1;;;;2*-1. The van der Waals surface area contributed by atoms with Crippen LogP contribution in [0.1, 0.15) is 0 Å². The third-order valence-electron chi connectivity index (χ3n) is 0.243. The van der Waals surface area contributed by atoms with Gasteiger partial charge in [-0.15, -0.1) is 0 Å². The van der Waals surface area contributed by atoms with Crippen LogP contribution in [0.4, 0.5) is 0 Å². The van der Waals surface area contributed by atoms with E-state index in [1.807, 2.05) is 0 Å². The van der Waals surface area contributed by atoms with Gasteiger partial charge in [0, 0.05) is 0 Å². The quantitative estimate of drug-likeness (QED) is 0.323. The second kappa shape index (κ2) is 4.85. The first-order chi connectivity index (χ1) is 3.20. The monoisotopic (exact) mass is 225 g/mol. The minimum Gasteiger partial charge on any atom is 1.00 e. The van der Waals surface area contributed by atoms with Gasteiger partial charge in [-0.3, -0.25) is 0 Å². The molecule has 0 rings (SSSR count). The molecule has 0 aromatic rings. The molecule has 0 aromatic carbocycles. The molecule has 0 heterocycles. The summed E-state index contributed by atoms with van der Waals surface area (Å²) in [5.41, 5.74) is 0. The fraction of sp³-hybridized carbons (Fsp3) is 0. The average Bonchev–Trinajstić information content (AvgIpc) is 1.27. The predicted molar refractivity (Wildman–Crippen MR) is 9.67 cm³/mol. The maximum Gasteiger partial charge on any atom is 1.00 e. The van der Waals surface area contributed by atoms with E-state index in [2.05, 4.69) is 0 Å². The van der Waals surface area contributed by atoms with Crippen molar-refractivity contribution in [3.8, 4) is 0 Å². The number of hydrogen-bond donors (Lipinski definition) is 0. The van der Waals surface area contributed by atoms with Crippen LogP contribution >= 0.6 is 6.33 Å². The zero-order chi connectivity index (χ0) is 7.02. The Morgan fingerprint density at radius 2 is 1.10 bits per heavy atom. The Bertz CT molecular complexity index is 261. The van der Waals surface area contributed by atoms with Gasteiger partial charge in [-0.05, 0) is 0 Å². The largest absolute Gasteiger partial charge is 1.00 e. The topological polar surface area (TPSA) is 114 Å². The third-order valence-corrected chi connectivity index (χ3v) is 3.01. The summed E-state index contributed by atoms with van der Waals surface area (Å²) in [6.45, 7) is 0. The van der Waals surface area contributed by atoms with Crippen molar-refractivity contribution < 1.29 is 96.3 Å². The van der Waals surface area contributed by atoms with Gasteiger partial charge in [0.25, 0.3) is 0 Å². The van der Waals surface area contributed by atoms with E-state index in [4.69, 9.17) is 0 Å². The van der Waals surface area contributed by atoms with Gasteiger partial charge in [-0.1, -0.05) is 0 Å². The summed E-state index contributed by atoms with van der Waals surface area (Å²) in [4.78, 5) is 0. The predicted octanol–water partition coefficient (Wildman–Crippen LogP) is -7.99. The van der Waals surface area contributed by atoms with Crippen LogP contribution in [0.3, 0.4) is 0 Å².